The minimum absolute atomic E-state index is 0. The quantitative estimate of drug-likeness (QED) is 0.118. The van der Waals surface area contributed by atoms with Crippen LogP contribution in [0.4, 0.5) is 0 Å². The van der Waals surface area contributed by atoms with Gasteiger partial charge in [-0.2, -0.15) is 20.4 Å². The van der Waals surface area contributed by atoms with Crippen molar-refractivity contribution >= 4 is 38.5 Å². The number of pyridine rings is 2. The van der Waals surface area contributed by atoms with Crippen LogP contribution in [0.3, 0.4) is 0 Å². The lowest BCUT2D eigenvalue weighted by atomic mass is 9.92. The zero-order valence-corrected chi connectivity index (χ0v) is 67.8. The van der Waals surface area contributed by atoms with Crippen molar-refractivity contribution in [1.82, 2.24) is 76.8 Å². The molecule has 12 aromatic rings. The normalized spacial score (nSPS) is 12.1. The maximum absolute atomic E-state index is 4.71. The molecular weight excluding hydrogens is 1370 g/mol. The van der Waals surface area contributed by atoms with Crippen LogP contribution in [0.5, 0.6) is 0 Å². The Morgan fingerprint density at radius 1 is 0.418 bits per heavy atom. The Morgan fingerprint density at radius 3 is 1.41 bits per heavy atom. The molecule has 618 valence electrons. The highest BCUT2D eigenvalue weighted by atomic mass is 32.1. The Balaban J connectivity index is 0. The average Bonchev–Trinajstić information content (AvgIpc) is 1.65. The lowest BCUT2D eigenvalue weighted by Crippen LogP contribution is -2.13. The van der Waals surface area contributed by atoms with Gasteiger partial charge in [0.15, 0.2) is 4.96 Å². The second-order valence-electron chi connectivity index (χ2n) is 29.3. The maximum atomic E-state index is 4.71. The molecule has 13 heterocycles. The third-order valence-corrected chi connectivity index (χ3v) is 20.0. The molecule has 110 heavy (non-hydrogen) atoms. The van der Waals surface area contributed by atoms with Gasteiger partial charge in [0, 0.05) is 133 Å². The molecule has 0 bridgehead atoms. The lowest BCUT2D eigenvalue weighted by Gasteiger charge is -2.17. The second-order valence-corrected chi connectivity index (χ2v) is 30.2. The minimum Gasteiger partial charge on any atom is -0.332 e. The van der Waals surface area contributed by atoms with Crippen molar-refractivity contribution in [3.05, 3.63) is 195 Å². The summed E-state index contributed by atoms with van der Waals surface area (Å²) in [5.74, 6) is 5.88. The molecule has 0 atom stereocenters. The summed E-state index contributed by atoms with van der Waals surface area (Å²) in [5, 5.41) is 21.6. The van der Waals surface area contributed by atoms with Gasteiger partial charge in [-0.25, -0.2) is 19.9 Å². The van der Waals surface area contributed by atoms with Gasteiger partial charge < -0.3 is 13.4 Å². The van der Waals surface area contributed by atoms with Crippen molar-refractivity contribution in [3.63, 3.8) is 0 Å². The topological polar surface area (TPSA) is 141 Å². The molecule has 0 spiro atoms. The van der Waals surface area contributed by atoms with Crippen LogP contribution in [-0.2, 0) is 64.8 Å². The molecule has 15 rings (SSSR count). The first-order chi connectivity index (χ1) is 49.0. The van der Waals surface area contributed by atoms with E-state index in [1.54, 1.807) is 16.9 Å². The van der Waals surface area contributed by atoms with E-state index in [1.807, 2.05) is 87.3 Å². The number of aromatic nitrogens is 16. The number of benzene rings is 1. The number of aryl methyl sites for hydroxylation is 7. The van der Waals surface area contributed by atoms with Gasteiger partial charge >= 0.3 is 0 Å². The maximum Gasteiger partial charge on any atom is 0.193 e. The molecule has 17 heteroatoms. The van der Waals surface area contributed by atoms with Gasteiger partial charge in [-0.15, -0.1) is 11.3 Å². The molecule has 3 aliphatic rings. The van der Waals surface area contributed by atoms with Gasteiger partial charge in [-0.3, -0.25) is 23.1 Å². The number of hydrogen-bond acceptors (Lipinski definition) is 9. The molecule has 1 aromatic carbocycles. The van der Waals surface area contributed by atoms with Crippen LogP contribution >= 0.6 is 11.3 Å². The van der Waals surface area contributed by atoms with Crippen LogP contribution in [0.2, 0.25) is 0 Å². The van der Waals surface area contributed by atoms with Crippen molar-refractivity contribution < 1.29 is 0 Å². The SMILES string of the molecule is C.C.C.C.C.C.C.C.CC.CC(C)c1cnc2ccccn12.CC(C)c1cnc2ccccn12.CC(C)c1cnc2n1CCCC2.CC(C)c1cnc2sccn12.CC(C)c1cnn2c1CCCC2.CCc1nn(CC)c(C(C)C)c1C.CCn1nc2c(c1C(C)C)CCCC2.CCn1nc2ccccc2c1C(C)C. The molecule has 0 N–H and O–H groups in total. The van der Waals surface area contributed by atoms with Gasteiger partial charge in [-0.05, 0) is 186 Å². The van der Waals surface area contributed by atoms with Crippen molar-refractivity contribution in [3.8, 4) is 0 Å². The fourth-order valence-corrected chi connectivity index (χ4v) is 14.9. The smallest absolute Gasteiger partial charge is 0.193 e. The summed E-state index contributed by atoms with van der Waals surface area (Å²) >= 11 is 1.68. The second kappa shape index (κ2) is 50.9. The molecular formula is C93H160N16S. The predicted molar refractivity (Wildman–Crippen MR) is 484 cm³/mol. The molecule has 11 aromatic heterocycles. The molecule has 1 aliphatic carbocycles. The first-order valence-corrected chi connectivity index (χ1v) is 39.8. The number of hydrogen-bond donors (Lipinski definition) is 0. The van der Waals surface area contributed by atoms with Gasteiger partial charge in [0.1, 0.15) is 17.1 Å². The molecule has 0 saturated carbocycles. The predicted octanol–water partition coefficient (Wildman–Crippen LogP) is 27.2. The molecule has 0 radical (unpaired) electrons. The van der Waals surface area contributed by atoms with Gasteiger partial charge in [-0.1, -0.05) is 221 Å². The highest BCUT2D eigenvalue weighted by Crippen LogP contribution is 2.31. The summed E-state index contributed by atoms with van der Waals surface area (Å²) in [5.41, 5.74) is 21.2. The summed E-state index contributed by atoms with van der Waals surface area (Å²) in [6.45, 7) is 55.6. The number of thiazole rings is 1. The first kappa shape index (κ1) is 104. The van der Waals surface area contributed by atoms with E-state index in [0.29, 0.717) is 47.3 Å². The van der Waals surface area contributed by atoms with Crippen molar-refractivity contribution in [2.75, 3.05) is 0 Å². The van der Waals surface area contributed by atoms with E-state index in [9.17, 15) is 0 Å². The lowest BCUT2D eigenvalue weighted by molar-refractivity contribution is 0.483. The third kappa shape index (κ3) is 26.4. The molecule has 0 fully saturated rings. The molecule has 0 saturated heterocycles. The van der Waals surface area contributed by atoms with E-state index in [4.69, 9.17) is 5.10 Å². The fourth-order valence-electron chi connectivity index (χ4n) is 14.2. The van der Waals surface area contributed by atoms with Gasteiger partial charge in [0.05, 0.1) is 29.3 Å². The van der Waals surface area contributed by atoms with Crippen molar-refractivity contribution in [2.24, 2.45) is 0 Å². The van der Waals surface area contributed by atoms with Crippen LogP contribution in [0.25, 0.3) is 27.2 Å². The average molecular weight is 1530 g/mol. The summed E-state index contributed by atoms with van der Waals surface area (Å²) in [4.78, 5) is 18.4. The van der Waals surface area contributed by atoms with Crippen LogP contribution in [0, 0.1) is 6.92 Å². The zero-order chi connectivity index (χ0) is 74.3. The van der Waals surface area contributed by atoms with E-state index >= 15 is 0 Å². The molecule has 0 unspecified atom stereocenters. The molecule has 16 nitrogen and oxygen atoms in total. The minimum atomic E-state index is 0. The number of fused-ring (bicyclic) bond motifs is 7. The summed E-state index contributed by atoms with van der Waals surface area (Å²) in [6, 6.07) is 20.5. The zero-order valence-electron chi connectivity index (χ0n) is 67.0. The summed E-state index contributed by atoms with van der Waals surface area (Å²) < 4.78 is 17.4. The van der Waals surface area contributed by atoms with E-state index < -0.39 is 0 Å². The molecule has 0 amide bonds. The monoisotopic (exact) mass is 1530 g/mol. The summed E-state index contributed by atoms with van der Waals surface area (Å²) in [6.07, 6.45) is 30.0. The highest BCUT2D eigenvalue weighted by molar-refractivity contribution is 7.15. The van der Waals surface area contributed by atoms with Gasteiger partial charge in [0.2, 0.25) is 0 Å². The Kier molecular flexibility index (Phi) is 48.2. The van der Waals surface area contributed by atoms with Crippen LogP contribution in [0.1, 0.15) is 377 Å². The van der Waals surface area contributed by atoms with Crippen LogP contribution in [-0.4, -0.2) is 76.8 Å². The highest BCUT2D eigenvalue weighted by Gasteiger charge is 2.23. The van der Waals surface area contributed by atoms with Gasteiger partial charge in [0.25, 0.3) is 0 Å². The van der Waals surface area contributed by atoms with Crippen LogP contribution < -0.4 is 0 Å². The Bertz CT molecular complexity index is 4260. The van der Waals surface area contributed by atoms with Crippen LogP contribution in [0.15, 0.2) is 116 Å². The fraction of sp³-hybridized carbons (Fsp3) is 0.591. The van der Waals surface area contributed by atoms with Crippen molar-refractivity contribution in [1.29, 1.82) is 0 Å². The largest absolute Gasteiger partial charge is 0.332 e. The summed E-state index contributed by atoms with van der Waals surface area (Å²) in [7, 11) is 0. The Morgan fingerprint density at radius 2 is 0.891 bits per heavy atom. The Hall–Kier alpha value is -7.92. The Labute approximate surface area is 675 Å². The number of nitrogens with zero attached hydrogens (tertiary/aromatic N) is 16. The first-order valence-electron chi connectivity index (χ1n) is 39.0. The third-order valence-electron chi connectivity index (χ3n) is 19.2. The number of rotatable bonds is 12. The molecule has 2 aliphatic heterocycles. The van der Waals surface area contributed by atoms with E-state index in [0.717, 1.165) is 54.4 Å². The van der Waals surface area contributed by atoms with E-state index in [-0.39, 0.29) is 59.4 Å². The van der Waals surface area contributed by atoms with Crippen molar-refractivity contribution in [2.45, 2.75) is 369 Å². The van der Waals surface area contributed by atoms with E-state index in [2.05, 4.69) is 259 Å². The number of imidazole rings is 4. The van der Waals surface area contributed by atoms with E-state index in [1.165, 1.54) is 150 Å². The standard InChI is InChI=1S/C12H20N2.C12H16N2.C11H20N2.C10H16N2.2C10H12N2.C10H16N2.C8H10N2S.C2H6.8CH4/c2*1-4-14-12(9(2)3)10-7-5-6-8-11(10)13-14;1-6-10-9(5)11(8(3)4)13(7-2)12-10;3*1-8(2)9-7-11-10-5-3-4-6-12(9)10;1-8(2)9-7-11-12-6-4-3-5-10(9)12;1-6(2)7-5-9-8-10(7)3-4-11-8;1-2;;;;;;;;/h9H,4-8H2,1-3H3;5-9H,4H2,1-3H3;8H,6-7H2,1-5H3;7-8H,3-6H2,1-2H3;2*3-8H,1-2H3;7-8H,3-6H2,1-2H3;3-6H,1-2H3;1-2H3;8*1H4.